The highest BCUT2D eigenvalue weighted by Gasteiger charge is 2.33. The molecule has 6 heteroatoms. The van der Waals surface area contributed by atoms with E-state index in [1.54, 1.807) is 0 Å². The largest absolute Gasteiger partial charge is 0.352 e. The van der Waals surface area contributed by atoms with Crippen LogP contribution in [0.25, 0.3) is 0 Å². The summed E-state index contributed by atoms with van der Waals surface area (Å²) in [6.07, 6.45) is 4.99. The molecule has 0 aromatic heterocycles. The Kier molecular flexibility index (Phi) is 6.10. The van der Waals surface area contributed by atoms with Gasteiger partial charge in [-0.15, -0.1) is 0 Å². The van der Waals surface area contributed by atoms with Gasteiger partial charge in [-0.3, -0.25) is 9.59 Å². The zero-order valence-electron chi connectivity index (χ0n) is 13.2. The molecular weight excluding hydrogens is 297 g/mol. The van der Waals surface area contributed by atoms with Crippen LogP contribution in [-0.4, -0.2) is 30.4 Å². The van der Waals surface area contributed by atoms with E-state index in [2.05, 4.69) is 10.6 Å². The lowest BCUT2D eigenvalue weighted by Crippen LogP contribution is -2.51. The van der Waals surface area contributed by atoms with Crippen molar-refractivity contribution >= 4 is 11.8 Å². The van der Waals surface area contributed by atoms with E-state index in [0.29, 0.717) is 31.5 Å². The number of carbonyl (C=O) groups excluding carboxylic acids is 2. The number of carbonyl (C=O) groups is 2. The summed E-state index contributed by atoms with van der Waals surface area (Å²) in [4.78, 5) is 23.8. The standard InChI is InChI=1S/C17H24FN3O2/c18-14-7-5-13(6-8-14)16(23)20-11-3-4-15(22)21-17(12-19)9-1-2-10-17/h5-8H,1-4,9-12,19H2,(H,20,23)(H,21,22). The minimum atomic E-state index is -0.376. The Bertz CT molecular complexity index is 539. The Labute approximate surface area is 135 Å². The van der Waals surface area contributed by atoms with E-state index in [1.165, 1.54) is 24.3 Å². The predicted octanol–water partition coefficient (Wildman–Crippen LogP) is 1.72. The Morgan fingerprint density at radius 2 is 1.83 bits per heavy atom. The van der Waals surface area contributed by atoms with E-state index in [9.17, 15) is 14.0 Å². The van der Waals surface area contributed by atoms with Crippen molar-refractivity contribution in [3.8, 4) is 0 Å². The molecule has 0 bridgehead atoms. The molecule has 2 amide bonds. The lowest BCUT2D eigenvalue weighted by atomic mass is 9.97. The smallest absolute Gasteiger partial charge is 0.251 e. The summed E-state index contributed by atoms with van der Waals surface area (Å²) in [5.41, 5.74) is 5.97. The van der Waals surface area contributed by atoms with E-state index in [0.717, 1.165) is 25.7 Å². The normalized spacial score (nSPS) is 16.1. The van der Waals surface area contributed by atoms with Crippen molar-refractivity contribution in [2.75, 3.05) is 13.1 Å². The third kappa shape index (κ3) is 5.03. The Hall–Kier alpha value is -1.95. The van der Waals surface area contributed by atoms with Gasteiger partial charge in [-0.05, 0) is 43.5 Å². The molecule has 1 aliphatic rings. The van der Waals surface area contributed by atoms with E-state index in [1.807, 2.05) is 0 Å². The van der Waals surface area contributed by atoms with Gasteiger partial charge in [-0.2, -0.15) is 0 Å². The average molecular weight is 321 g/mol. The molecule has 23 heavy (non-hydrogen) atoms. The fourth-order valence-corrected chi connectivity index (χ4v) is 2.94. The highest BCUT2D eigenvalue weighted by molar-refractivity contribution is 5.94. The second-order valence-electron chi connectivity index (χ2n) is 6.11. The predicted molar refractivity (Wildman–Crippen MR) is 86.4 cm³/mol. The Morgan fingerprint density at radius 1 is 1.17 bits per heavy atom. The number of benzene rings is 1. The lowest BCUT2D eigenvalue weighted by molar-refractivity contribution is -0.123. The van der Waals surface area contributed by atoms with Gasteiger partial charge in [0.05, 0.1) is 5.54 Å². The first-order chi connectivity index (χ1) is 11.0. The molecule has 5 nitrogen and oxygen atoms in total. The molecule has 1 aromatic carbocycles. The molecular formula is C17H24FN3O2. The summed E-state index contributed by atoms with van der Waals surface area (Å²) >= 11 is 0. The molecule has 0 aliphatic heterocycles. The summed E-state index contributed by atoms with van der Waals surface area (Å²) in [5, 5.41) is 5.77. The maximum absolute atomic E-state index is 12.8. The van der Waals surface area contributed by atoms with Crippen molar-refractivity contribution in [3.05, 3.63) is 35.6 Å². The van der Waals surface area contributed by atoms with Gasteiger partial charge in [0.15, 0.2) is 0 Å². The fourth-order valence-electron chi connectivity index (χ4n) is 2.94. The van der Waals surface area contributed by atoms with Gasteiger partial charge in [0.1, 0.15) is 5.82 Å². The number of rotatable bonds is 7. The van der Waals surface area contributed by atoms with Crippen LogP contribution in [0.1, 0.15) is 48.9 Å². The molecule has 2 rings (SSSR count). The molecule has 126 valence electrons. The van der Waals surface area contributed by atoms with Gasteiger partial charge < -0.3 is 16.4 Å². The molecule has 1 aromatic rings. The van der Waals surface area contributed by atoms with Gasteiger partial charge in [0.25, 0.3) is 5.91 Å². The van der Waals surface area contributed by atoms with Gasteiger partial charge >= 0.3 is 0 Å². The zero-order valence-corrected chi connectivity index (χ0v) is 13.2. The second-order valence-corrected chi connectivity index (χ2v) is 6.11. The highest BCUT2D eigenvalue weighted by Crippen LogP contribution is 2.28. The topological polar surface area (TPSA) is 84.2 Å². The summed E-state index contributed by atoms with van der Waals surface area (Å²) in [7, 11) is 0. The van der Waals surface area contributed by atoms with Crippen LogP contribution in [0.2, 0.25) is 0 Å². The maximum atomic E-state index is 12.8. The second kappa shape index (κ2) is 8.06. The van der Waals surface area contributed by atoms with Crippen LogP contribution in [0.4, 0.5) is 4.39 Å². The lowest BCUT2D eigenvalue weighted by Gasteiger charge is -2.28. The summed E-state index contributed by atoms with van der Waals surface area (Å²) in [5.74, 6) is -0.660. The van der Waals surface area contributed by atoms with Crippen molar-refractivity contribution in [2.45, 2.75) is 44.1 Å². The number of nitrogens with one attached hydrogen (secondary N) is 2. The van der Waals surface area contributed by atoms with Gasteiger partial charge in [-0.1, -0.05) is 12.8 Å². The van der Waals surface area contributed by atoms with Crippen LogP contribution in [-0.2, 0) is 4.79 Å². The third-order valence-corrected chi connectivity index (χ3v) is 4.33. The van der Waals surface area contributed by atoms with Gasteiger partial charge in [-0.25, -0.2) is 4.39 Å². The first kappa shape index (κ1) is 17.4. The maximum Gasteiger partial charge on any atom is 0.251 e. The molecule has 0 spiro atoms. The zero-order chi connectivity index (χ0) is 16.7. The quantitative estimate of drug-likeness (QED) is 0.669. The van der Waals surface area contributed by atoms with E-state index < -0.39 is 0 Å². The van der Waals surface area contributed by atoms with Crippen molar-refractivity contribution in [1.82, 2.24) is 10.6 Å². The Balaban J connectivity index is 1.67. The first-order valence-electron chi connectivity index (χ1n) is 8.09. The summed E-state index contributed by atoms with van der Waals surface area (Å²) in [6, 6.07) is 5.36. The Morgan fingerprint density at radius 3 is 2.43 bits per heavy atom. The van der Waals surface area contributed by atoms with Crippen LogP contribution >= 0.6 is 0 Å². The molecule has 1 aliphatic carbocycles. The first-order valence-corrected chi connectivity index (χ1v) is 8.09. The minimum absolute atomic E-state index is 0.0200. The molecule has 0 saturated heterocycles. The molecule has 1 fully saturated rings. The van der Waals surface area contributed by atoms with Crippen molar-refractivity contribution in [3.63, 3.8) is 0 Å². The monoisotopic (exact) mass is 321 g/mol. The van der Waals surface area contributed by atoms with Gasteiger partial charge in [0.2, 0.25) is 5.91 Å². The van der Waals surface area contributed by atoms with Crippen LogP contribution in [0.5, 0.6) is 0 Å². The van der Waals surface area contributed by atoms with Crippen molar-refractivity contribution in [1.29, 1.82) is 0 Å². The summed E-state index contributed by atoms with van der Waals surface area (Å²) in [6.45, 7) is 0.874. The average Bonchev–Trinajstić information content (AvgIpc) is 3.01. The molecule has 0 unspecified atom stereocenters. The van der Waals surface area contributed by atoms with Crippen LogP contribution in [0, 0.1) is 5.82 Å². The number of nitrogens with two attached hydrogens (primary N) is 1. The SMILES string of the molecule is NCC1(NC(=O)CCCNC(=O)c2ccc(F)cc2)CCCC1. The van der Waals surface area contributed by atoms with Crippen LogP contribution < -0.4 is 16.4 Å². The van der Waals surface area contributed by atoms with Crippen LogP contribution in [0.15, 0.2) is 24.3 Å². The van der Waals surface area contributed by atoms with E-state index >= 15 is 0 Å². The van der Waals surface area contributed by atoms with Crippen molar-refractivity contribution < 1.29 is 14.0 Å². The van der Waals surface area contributed by atoms with E-state index in [-0.39, 0.29) is 23.2 Å². The van der Waals surface area contributed by atoms with Crippen molar-refractivity contribution in [2.24, 2.45) is 5.73 Å². The molecule has 0 heterocycles. The molecule has 0 atom stereocenters. The van der Waals surface area contributed by atoms with Gasteiger partial charge in [0, 0.05) is 25.1 Å². The number of amides is 2. The fraction of sp³-hybridized carbons (Fsp3) is 0.529. The van der Waals surface area contributed by atoms with Crippen LogP contribution in [0.3, 0.4) is 0 Å². The molecule has 4 N–H and O–H groups in total. The minimum Gasteiger partial charge on any atom is -0.352 e. The van der Waals surface area contributed by atoms with E-state index in [4.69, 9.17) is 5.73 Å². The number of hydrogen-bond acceptors (Lipinski definition) is 3. The molecule has 1 saturated carbocycles. The molecule has 0 radical (unpaired) electrons. The number of halogens is 1. The summed E-state index contributed by atoms with van der Waals surface area (Å²) < 4.78 is 12.8. The third-order valence-electron chi connectivity index (χ3n) is 4.33. The number of hydrogen-bond donors (Lipinski definition) is 3. The highest BCUT2D eigenvalue weighted by atomic mass is 19.1.